The molecule has 0 bridgehead atoms. The Bertz CT molecular complexity index is 500. The molecular formula is C13H17BrN2. The van der Waals surface area contributed by atoms with Gasteiger partial charge in [-0.2, -0.15) is 0 Å². The highest BCUT2D eigenvalue weighted by Gasteiger charge is 2.11. The van der Waals surface area contributed by atoms with E-state index in [0.29, 0.717) is 0 Å². The van der Waals surface area contributed by atoms with Crippen LogP contribution in [0.3, 0.4) is 0 Å². The van der Waals surface area contributed by atoms with Crippen LogP contribution in [0.15, 0.2) is 28.9 Å². The zero-order valence-electron chi connectivity index (χ0n) is 9.70. The van der Waals surface area contributed by atoms with Crippen LogP contribution in [0.1, 0.15) is 19.4 Å². The molecule has 2 rings (SSSR count). The lowest BCUT2D eigenvalue weighted by atomic mass is 10.1. The van der Waals surface area contributed by atoms with E-state index < -0.39 is 0 Å². The molecule has 1 aromatic heterocycles. The van der Waals surface area contributed by atoms with Gasteiger partial charge in [0.15, 0.2) is 0 Å². The van der Waals surface area contributed by atoms with Gasteiger partial charge in [-0.3, -0.25) is 0 Å². The van der Waals surface area contributed by atoms with E-state index in [1.54, 1.807) is 0 Å². The lowest BCUT2D eigenvalue weighted by molar-refractivity contribution is 0.731. The average Bonchev–Trinajstić information content (AvgIpc) is 2.57. The highest BCUT2D eigenvalue weighted by molar-refractivity contribution is 9.10. The molecule has 0 saturated carbocycles. The summed E-state index contributed by atoms with van der Waals surface area (Å²) in [4.78, 5) is 0. The number of nitrogens with two attached hydrogens (primary N) is 1. The molecule has 3 heteroatoms. The SMILES string of the molecule is CCn1cc(CC(C)N)c2cccc(Br)c21. The van der Waals surface area contributed by atoms with E-state index in [-0.39, 0.29) is 6.04 Å². The maximum absolute atomic E-state index is 5.88. The minimum atomic E-state index is 0.204. The van der Waals surface area contributed by atoms with Gasteiger partial charge in [0.1, 0.15) is 0 Å². The molecule has 0 aliphatic rings. The summed E-state index contributed by atoms with van der Waals surface area (Å²) in [7, 11) is 0. The Labute approximate surface area is 105 Å². The van der Waals surface area contributed by atoms with Crippen LogP contribution in [-0.2, 0) is 13.0 Å². The number of halogens is 1. The minimum absolute atomic E-state index is 0.204. The summed E-state index contributed by atoms with van der Waals surface area (Å²) in [6.45, 7) is 5.19. The molecule has 0 spiro atoms. The molecule has 1 atom stereocenters. The van der Waals surface area contributed by atoms with Gasteiger partial charge in [0.25, 0.3) is 0 Å². The van der Waals surface area contributed by atoms with Crippen LogP contribution in [0.4, 0.5) is 0 Å². The second-order valence-electron chi connectivity index (χ2n) is 4.26. The summed E-state index contributed by atoms with van der Waals surface area (Å²) in [6, 6.07) is 6.54. The van der Waals surface area contributed by atoms with Crippen LogP contribution in [0.5, 0.6) is 0 Å². The quantitative estimate of drug-likeness (QED) is 0.919. The number of para-hydroxylation sites is 1. The van der Waals surface area contributed by atoms with Crippen molar-refractivity contribution in [1.82, 2.24) is 4.57 Å². The Kier molecular flexibility index (Phi) is 3.36. The molecule has 0 aliphatic heterocycles. The molecule has 16 heavy (non-hydrogen) atoms. The summed E-state index contributed by atoms with van der Waals surface area (Å²) in [5.41, 5.74) is 8.50. The van der Waals surface area contributed by atoms with Gasteiger partial charge in [0, 0.05) is 28.6 Å². The highest BCUT2D eigenvalue weighted by Crippen LogP contribution is 2.28. The molecule has 2 N–H and O–H groups in total. The first-order valence-electron chi connectivity index (χ1n) is 5.65. The zero-order chi connectivity index (χ0) is 11.7. The van der Waals surface area contributed by atoms with E-state index in [2.05, 4.69) is 51.8 Å². The summed E-state index contributed by atoms with van der Waals surface area (Å²) in [5.74, 6) is 0. The van der Waals surface area contributed by atoms with E-state index in [4.69, 9.17) is 5.73 Å². The van der Waals surface area contributed by atoms with Crippen molar-refractivity contribution in [1.29, 1.82) is 0 Å². The van der Waals surface area contributed by atoms with E-state index in [1.807, 2.05) is 6.92 Å². The van der Waals surface area contributed by atoms with E-state index in [1.165, 1.54) is 16.5 Å². The number of benzene rings is 1. The first-order valence-corrected chi connectivity index (χ1v) is 6.44. The van der Waals surface area contributed by atoms with E-state index in [0.717, 1.165) is 17.4 Å². The topological polar surface area (TPSA) is 30.9 Å². The lowest BCUT2D eigenvalue weighted by Gasteiger charge is -2.03. The normalized spacial score (nSPS) is 13.2. The van der Waals surface area contributed by atoms with Crippen molar-refractivity contribution in [2.75, 3.05) is 0 Å². The van der Waals surface area contributed by atoms with E-state index in [9.17, 15) is 0 Å². The van der Waals surface area contributed by atoms with Crippen LogP contribution in [0.2, 0.25) is 0 Å². The number of aryl methyl sites for hydroxylation is 1. The average molecular weight is 281 g/mol. The predicted octanol–water partition coefficient (Wildman–Crippen LogP) is 3.31. The summed E-state index contributed by atoms with van der Waals surface area (Å²) in [6.07, 6.45) is 3.15. The monoisotopic (exact) mass is 280 g/mol. The molecule has 2 nitrogen and oxygen atoms in total. The largest absolute Gasteiger partial charge is 0.347 e. The van der Waals surface area contributed by atoms with Gasteiger partial charge in [-0.1, -0.05) is 12.1 Å². The van der Waals surface area contributed by atoms with Crippen molar-refractivity contribution in [3.63, 3.8) is 0 Å². The van der Waals surface area contributed by atoms with Crippen molar-refractivity contribution in [2.45, 2.75) is 32.9 Å². The van der Waals surface area contributed by atoms with Gasteiger partial charge < -0.3 is 10.3 Å². The van der Waals surface area contributed by atoms with Gasteiger partial charge in [-0.25, -0.2) is 0 Å². The molecule has 0 saturated heterocycles. The standard InChI is InChI=1S/C13H17BrN2/c1-3-16-8-10(7-9(2)15)11-5-4-6-12(14)13(11)16/h4-6,8-9H,3,7,15H2,1-2H3. The first-order chi connectivity index (χ1) is 7.63. The molecule has 0 radical (unpaired) electrons. The van der Waals surface area contributed by atoms with Crippen molar-refractivity contribution >= 4 is 26.8 Å². The van der Waals surface area contributed by atoms with Crippen LogP contribution in [-0.4, -0.2) is 10.6 Å². The Morgan fingerprint density at radius 3 is 2.81 bits per heavy atom. The molecule has 0 amide bonds. The molecule has 1 heterocycles. The maximum atomic E-state index is 5.88. The van der Waals surface area contributed by atoms with Crippen LogP contribution >= 0.6 is 15.9 Å². The maximum Gasteiger partial charge on any atom is 0.0627 e. The van der Waals surface area contributed by atoms with Crippen molar-refractivity contribution in [3.05, 3.63) is 34.4 Å². The minimum Gasteiger partial charge on any atom is -0.347 e. The van der Waals surface area contributed by atoms with Gasteiger partial charge in [0.05, 0.1) is 5.52 Å². The van der Waals surface area contributed by atoms with Crippen molar-refractivity contribution in [3.8, 4) is 0 Å². The van der Waals surface area contributed by atoms with Crippen LogP contribution < -0.4 is 5.73 Å². The molecule has 86 valence electrons. The van der Waals surface area contributed by atoms with Crippen LogP contribution in [0.25, 0.3) is 10.9 Å². The third kappa shape index (κ3) is 2.02. The Morgan fingerprint density at radius 2 is 2.19 bits per heavy atom. The Morgan fingerprint density at radius 1 is 1.44 bits per heavy atom. The summed E-state index contributed by atoms with van der Waals surface area (Å²) >= 11 is 3.62. The number of nitrogens with zero attached hydrogens (tertiary/aromatic N) is 1. The fourth-order valence-electron chi connectivity index (χ4n) is 2.15. The molecule has 0 fully saturated rings. The summed E-state index contributed by atoms with van der Waals surface area (Å²) in [5, 5.41) is 1.31. The van der Waals surface area contributed by atoms with Gasteiger partial charge in [-0.05, 0) is 47.8 Å². The van der Waals surface area contributed by atoms with Gasteiger partial charge >= 0.3 is 0 Å². The molecule has 0 aliphatic carbocycles. The van der Waals surface area contributed by atoms with Crippen LogP contribution in [0, 0.1) is 0 Å². The lowest BCUT2D eigenvalue weighted by Crippen LogP contribution is -2.17. The van der Waals surface area contributed by atoms with Gasteiger partial charge in [-0.15, -0.1) is 0 Å². The molecule has 1 aromatic carbocycles. The number of hydrogen-bond donors (Lipinski definition) is 1. The number of aromatic nitrogens is 1. The van der Waals surface area contributed by atoms with Crippen molar-refractivity contribution in [2.24, 2.45) is 5.73 Å². The Hall–Kier alpha value is -0.800. The zero-order valence-corrected chi connectivity index (χ0v) is 11.3. The van der Waals surface area contributed by atoms with Crippen molar-refractivity contribution < 1.29 is 0 Å². The first kappa shape index (κ1) is 11.7. The predicted molar refractivity (Wildman–Crippen MR) is 72.7 cm³/mol. The Balaban J connectivity index is 2.63. The van der Waals surface area contributed by atoms with Gasteiger partial charge in [0.2, 0.25) is 0 Å². The third-order valence-corrected chi connectivity index (χ3v) is 3.45. The second-order valence-corrected chi connectivity index (χ2v) is 5.11. The fourth-order valence-corrected chi connectivity index (χ4v) is 2.74. The summed E-state index contributed by atoms with van der Waals surface area (Å²) < 4.78 is 3.43. The molecular weight excluding hydrogens is 264 g/mol. The van der Waals surface area contributed by atoms with E-state index >= 15 is 0 Å². The molecule has 2 aromatic rings. The highest BCUT2D eigenvalue weighted by atomic mass is 79.9. The second kappa shape index (κ2) is 4.60. The fraction of sp³-hybridized carbons (Fsp3) is 0.385. The number of hydrogen-bond acceptors (Lipinski definition) is 1. The third-order valence-electron chi connectivity index (χ3n) is 2.81. The molecule has 1 unspecified atom stereocenters. The number of fused-ring (bicyclic) bond motifs is 1. The smallest absolute Gasteiger partial charge is 0.0627 e. The number of rotatable bonds is 3.